The molecule has 0 aliphatic carbocycles. The maximum atomic E-state index is 11.7. The largest absolute Gasteiger partial charge is 0.351 e. The molecule has 1 N–H and O–H groups in total. The van der Waals surface area contributed by atoms with Crippen molar-refractivity contribution in [2.75, 3.05) is 5.75 Å². The van der Waals surface area contributed by atoms with E-state index in [2.05, 4.69) is 15.3 Å². The SMILES string of the molecule is Cc1ccccc1CNC(=O)CSc1ncccn1. The van der Waals surface area contributed by atoms with Crippen LogP contribution in [0.25, 0.3) is 0 Å². The van der Waals surface area contributed by atoms with Gasteiger partial charge in [-0.25, -0.2) is 9.97 Å². The Balaban J connectivity index is 1.78. The summed E-state index contributed by atoms with van der Waals surface area (Å²) < 4.78 is 0. The van der Waals surface area contributed by atoms with Crippen molar-refractivity contribution in [3.8, 4) is 0 Å². The fourth-order valence-corrected chi connectivity index (χ4v) is 2.18. The molecular formula is C14H15N3OS. The zero-order chi connectivity index (χ0) is 13.5. The van der Waals surface area contributed by atoms with Crippen LogP contribution >= 0.6 is 11.8 Å². The van der Waals surface area contributed by atoms with Crippen LogP contribution in [-0.2, 0) is 11.3 Å². The number of hydrogen-bond donors (Lipinski definition) is 1. The molecule has 0 unspecified atom stereocenters. The van der Waals surface area contributed by atoms with Crippen LogP contribution in [0.15, 0.2) is 47.9 Å². The van der Waals surface area contributed by atoms with Crippen LogP contribution in [0.2, 0.25) is 0 Å². The number of nitrogens with one attached hydrogen (secondary N) is 1. The number of benzene rings is 1. The third-order valence-corrected chi connectivity index (χ3v) is 3.49. The van der Waals surface area contributed by atoms with E-state index in [4.69, 9.17) is 0 Å². The van der Waals surface area contributed by atoms with E-state index in [-0.39, 0.29) is 5.91 Å². The molecule has 2 rings (SSSR count). The second kappa shape index (κ2) is 6.89. The zero-order valence-corrected chi connectivity index (χ0v) is 11.5. The highest BCUT2D eigenvalue weighted by Crippen LogP contribution is 2.10. The number of carbonyl (C=O) groups excluding carboxylic acids is 1. The molecule has 0 saturated heterocycles. The van der Waals surface area contributed by atoms with Gasteiger partial charge < -0.3 is 5.32 Å². The molecule has 1 amide bonds. The van der Waals surface area contributed by atoms with Crippen molar-refractivity contribution in [1.29, 1.82) is 0 Å². The molecule has 0 aliphatic heterocycles. The quantitative estimate of drug-likeness (QED) is 0.670. The average Bonchev–Trinajstić information content (AvgIpc) is 2.45. The predicted molar refractivity (Wildman–Crippen MR) is 75.8 cm³/mol. The first-order valence-electron chi connectivity index (χ1n) is 5.97. The molecule has 1 aromatic heterocycles. The molecule has 1 heterocycles. The summed E-state index contributed by atoms with van der Waals surface area (Å²) in [5.74, 6) is 0.316. The topological polar surface area (TPSA) is 54.9 Å². The van der Waals surface area contributed by atoms with Gasteiger partial charge >= 0.3 is 0 Å². The first-order chi connectivity index (χ1) is 9.25. The van der Waals surface area contributed by atoms with Crippen molar-refractivity contribution in [3.05, 3.63) is 53.9 Å². The van der Waals surface area contributed by atoms with E-state index in [1.165, 1.54) is 17.3 Å². The van der Waals surface area contributed by atoms with Crippen molar-refractivity contribution in [3.63, 3.8) is 0 Å². The van der Waals surface area contributed by atoms with E-state index >= 15 is 0 Å². The second-order valence-corrected chi connectivity index (χ2v) is 4.97. The molecule has 0 bridgehead atoms. The van der Waals surface area contributed by atoms with Gasteiger partial charge in [0.2, 0.25) is 5.91 Å². The summed E-state index contributed by atoms with van der Waals surface area (Å²) in [6, 6.07) is 9.77. The molecule has 0 spiro atoms. The molecule has 2 aromatic rings. The van der Waals surface area contributed by atoms with Gasteiger partial charge in [-0.3, -0.25) is 4.79 Å². The molecule has 98 valence electrons. The summed E-state index contributed by atoms with van der Waals surface area (Å²) in [4.78, 5) is 19.8. The van der Waals surface area contributed by atoms with Gasteiger partial charge in [-0.2, -0.15) is 0 Å². The Hall–Kier alpha value is -1.88. The number of rotatable bonds is 5. The Bertz CT molecular complexity index is 545. The van der Waals surface area contributed by atoms with Gasteiger partial charge in [-0.15, -0.1) is 0 Å². The number of aryl methyl sites for hydroxylation is 1. The number of hydrogen-bond acceptors (Lipinski definition) is 4. The number of nitrogens with zero attached hydrogens (tertiary/aromatic N) is 2. The van der Waals surface area contributed by atoms with Crippen LogP contribution < -0.4 is 5.32 Å². The Labute approximate surface area is 116 Å². The van der Waals surface area contributed by atoms with Gasteiger partial charge in [0, 0.05) is 18.9 Å². The molecule has 0 saturated carbocycles. The monoisotopic (exact) mass is 273 g/mol. The first-order valence-corrected chi connectivity index (χ1v) is 6.95. The fraction of sp³-hybridized carbons (Fsp3) is 0.214. The van der Waals surface area contributed by atoms with Crippen molar-refractivity contribution in [2.45, 2.75) is 18.6 Å². The number of aromatic nitrogens is 2. The molecule has 0 aliphatic rings. The highest BCUT2D eigenvalue weighted by molar-refractivity contribution is 7.99. The third kappa shape index (κ3) is 4.37. The van der Waals surface area contributed by atoms with Crippen molar-refractivity contribution >= 4 is 17.7 Å². The molecule has 19 heavy (non-hydrogen) atoms. The Morgan fingerprint density at radius 1 is 1.21 bits per heavy atom. The summed E-state index contributed by atoms with van der Waals surface area (Å²) in [6.07, 6.45) is 3.33. The summed E-state index contributed by atoms with van der Waals surface area (Å²) in [5, 5.41) is 3.51. The minimum atomic E-state index is -0.0132. The van der Waals surface area contributed by atoms with Crippen LogP contribution in [0.5, 0.6) is 0 Å². The minimum absolute atomic E-state index is 0.0132. The lowest BCUT2D eigenvalue weighted by atomic mass is 10.1. The number of thioether (sulfide) groups is 1. The lowest BCUT2D eigenvalue weighted by molar-refractivity contribution is -0.118. The van der Waals surface area contributed by atoms with Gasteiger partial charge in [0.05, 0.1) is 5.75 Å². The lowest BCUT2D eigenvalue weighted by Gasteiger charge is -2.07. The van der Waals surface area contributed by atoms with Crippen LogP contribution in [0.1, 0.15) is 11.1 Å². The van der Waals surface area contributed by atoms with Gasteiger partial charge in [0.1, 0.15) is 0 Å². The molecule has 0 fully saturated rings. The maximum absolute atomic E-state index is 11.7. The Kier molecular flexibility index (Phi) is 4.92. The minimum Gasteiger partial charge on any atom is -0.351 e. The van der Waals surface area contributed by atoms with E-state index in [0.717, 1.165) is 5.56 Å². The molecular weight excluding hydrogens is 258 g/mol. The third-order valence-electron chi connectivity index (χ3n) is 2.61. The molecule has 0 atom stereocenters. The maximum Gasteiger partial charge on any atom is 0.230 e. The zero-order valence-electron chi connectivity index (χ0n) is 10.7. The van der Waals surface area contributed by atoms with E-state index in [1.807, 2.05) is 31.2 Å². The molecule has 4 nitrogen and oxygen atoms in total. The second-order valence-electron chi connectivity index (χ2n) is 4.02. The Morgan fingerprint density at radius 2 is 1.95 bits per heavy atom. The number of amides is 1. The van der Waals surface area contributed by atoms with Gasteiger partial charge in [0.25, 0.3) is 0 Å². The standard InChI is InChI=1S/C14H15N3OS/c1-11-5-2-3-6-12(11)9-17-13(18)10-19-14-15-7-4-8-16-14/h2-8H,9-10H2,1H3,(H,17,18). The Morgan fingerprint density at radius 3 is 2.68 bits per heavy atom. The van der Waals surface area contributed by atoms with E-state index < -0.39 is 0 Å². The molecule has 1 aromatic carbocycles. The van der Waals surface area contributed by atoms with E-state index in [0.29, 0.717) is 17.5 Å². The van der Waals surface area contributed by atoms with Crippen LogP contribution in [0.3, 0.4) is 0 Å². The summed E-state index contributed by atoms with van der Waals surface area (Å²) >= 11 is 1.33. The van der Waals surface area contributed by atoms with Crippen LogP contribution in [0.4, 0.5) is 0 Å². The normalized spacial score (nSPS) is 10.2. The summed E-state index contributed by atoms with van der Waals surface area (Å²) in [7, 11) is 0. The first kappa shape index (κ1) is 13.5. The fourth-order valence-electron chi connectivity index (χ4n) is 1.54. The van der Waals surface area contributed by atoms with Crippen molar-refractivity contribution < 1.29 is 4.79 Å². The number of carbonyl (C=O) groups is 1. The smallest absolute Gasteiger partial charge is 0.230 e. The summed E-state index contributed by atoms with van der Waals surface area (Å²) in [5.41, 5.74) is 2.32. The van der Waals surface area contributed by atoms with Gasteiger partial charge in [0.15, 0.2) is 5.16 Å². The summed E-state index contributed by atoms with van der Waals surface area (Å²) in [6.45, 7) is 2.59. The van der Waals surface area contributed by atoms with Crippen LogP contribution in [-0.4, -0.2) is 21.6 Å². The lowest BCUT2D eigenvalue weighted by Crippen LogP contribution is -2.25. The molecule has 5 heteroatoms. The van der Waals surface area contributed by atoms with E-state index in [1.54, 1.807) is 18.5 Å². The average molecular weight is 273 g/mol. The van der Waals surface area contributed by atoms with E-state index in [9.17, 15) is 4.79 Å². The highest BCUT2D eigenvalue weighted by Gasteiger charge is 2.05. The van der Waals surface area contributed by atoms with Gasteiger partial charge in [-0.05, 0) is 24.1 Å². The highest BCUT2D eigenvalue weighted by atomic mass is 32.2. The van der Waals surface area contributed by atoms with Crippen LogP contribution in [0, 0.1) is 6.92 Å². The van der Waals surface area contributed by atoms with Crippen molar-refractivity contribution in [1.82, 2.24) is 15.3 Å². The van der Waals surface area contributed by atoms with Gasteiger partial charge in [-0.1, -0.05) is 36.0 Å². The predicted octanol–water partition coefficient (Wildman–Crippen LogP) is 2.19. The van der Waals surface area contributed by atoms with Crippen molar-refractivity contribution in [2.24, 2.45) is 0 Å². The molecule has 0 radical (unpaired) electrons.